The first-order chi connectivity index (χ1) is 9.37. The van der Waals surface area contributed by atoms with Crippen LogP contribution >= 0.6 is 11.6 Å². The molecule has 1 amide bonds. The second-order valence-electron chi connectivity index (χ2n) is 5.99. The van der Waals surface area contributed by atoms with E-state index < -0.39 is 5.60 Å². The predicted octanol–water partition coefficient (Wildman–Crippen LogP) is 3.27. The lowest BCUT2D eigenvalue weighted by Gasteiger charge is -2.25. The summed E-state index contributed by atoms with van der Waals surface area (Å²) in [4.78, 5) is 11.9. The minimum Gasteiger partial charge on any atom is -0.444 e. The summed E-state index contributed by atoms with van der Waals surface area (Å²) in [7, 11) is 0. The number of amides is 1. The summed E-state index contributed by atoms with van der Waals surface area (Å²) in [5.41, 5.74) is 0.517. The van der Waals surface area contributed by atoms with E-state index in [1.807, 2.05) is 45.0 Å². The fourth-order valence-electron chi connectivity index (χ4n) is 2.37. The maximum atomic E-state index is 11.9. The van der Waals surface area contributed by atoms with E-state index in [9.17, 15) is 4.79 Å². The summed E-state index contributed by atoms with van der Waals surface area (Å²) >= 11 is 6.23. The van der Waals surface area contributed by atoms with Gasteiger partial charge in [0.15, 0.2) is 0 Å². The zero-order valence-electron chi connectivity index (χ0n) is 12.1. The van der Waals surface area contributed by atoms with Gasteiger partial charge in [0.25, 0.3) is 0 Å². The average Bonchev–Trinajstić information content (AvgIpc) is 2.75. The molecule has 2 rings (SSSR count). The lowest BCUT2D eigenvalue weighted by Crippen LogP contribution is -2.41. The van der Waals surface area contributed by atoms with E-state index in [-0.39, 0.29) is 18.2 Å². The highest BCUT2D eigenvalue weighted by Crippen LogP contribution is 2.29. The second-order valence-corrected chi connectivity index (χ2v) is 6.40. The normalized spacial score (nSPS) is 22.6. The van der Waals surface area contributed by atoms with Crippen molar-refractivity contribution in [2.75, 3.05) is 6.54 Å². The number of hydrogen-bond acceptors (Lipinski definition) is 3. The SMILES string of the molecule is CC(C)(C)OC(=O)NC1CCNC1c1ccccc1Cl. The van der Waals surface area contributed by atoms with E-state index in [1.54, 1.807) is 0 Å². The quantitative estimate of drug-likeness (QED) is 0.880. The molecular weight excluding hydrogens is 276 g/mol. The number of carbonyl (C=O) groups excluding carboxylic acids is 1. The van der Waals surface area contributed by atoms with Crippen LogP contribution in [0.15, 0.2) is 24.3 Å². The number of hydrogen-bond donors (Lipinski definition) is 2. The highest BCUT2D eigenvalue weighted by atomic mass is 35.5. The largest absolute Gasteiger partial charge is 0.444 e. The van der Waals surface area contributed by atoms with Crippen molar-refractivity contribution in [3.63, 3.8) is 0 Å². The number of alkyl carbamates (subject to hydrolysis) is 1. The molecule has 2 unspecified atom stereocenters. The van der Waals surface area contributed by atoms with Crippen LogP contribution in [-0.2, 0) is 4.74 Å². The van der Waals surface area contributed by atoms with Crippen molar-refractivity contribution in [3.05, 3.63) is 34.9 Å². The van der Waals surface area contributed by atoms with Crippen LogP contribution in [0.5, 0.6) is 0 Å². The van der Waals surface area contributed by atoms with Crippen LogP contribution in [-0.4, -0.2) is 24.3 Å². The maximum Gasteiger partial charge on any atom is 0.407 e. The highest BCUT2D eigenvalue weighted by Gasteiger charge is 2.31. The van der Waals surface area contributed by atoms with Crippen LogP contribution in [0.3, 0.4) is 0 Å². The van der Waals surface area contributed by atoms with Gasteiger partial charge in [-0.15, -0.1) is 0 Å². The van der Waals surface area contributed by atoms with Crippen molar-refractivity contribution < 1.29 is 9.53 Å². The second kappa shape index (κ2) is 6.02. The molecule has 1 fully saturated rings. The molecule has 0 radical (unpaired) electrons. The Morgan fingerprint density at radius 3 is 2.75 bits per heavy atom. The van der Waals surface area contributed by atoms with Gasteiger partial charge in [-0.2, -0.15) is 0 Å². The van der Waals surface area contributed by atoms with Crippen molar-refractivity contribution in [1.29, 1.82) is 0 Å². The average molecular weight is 297 g/mol. The number of carbonyl (C=O) groups is 1. The van der Waals surface area contributed by atoms with E-state index in [4.69, 9.17) is 16.3 Å². The summed E-state index contributed by atoms with van der Waals surface area (Å²) < 4.78 is 5.30. The Bertz CT molecular complexity index is 485. The summed E-state index contributed by atoms with van der Waals surface area (Å²) in [6.07, 6.45) is 0.470. The number of nitrogens with one attached hydrogen (secondary N) is 2. The Morgan fingerprint density at radius 1 is 1.40 bits per heavy atom. The maximum absolute atomic E-state index is 11.9. The molecule has 0 spiro atoms. The lowest BCUT2D eigenvalue weighted by atomic mass is 10.0. The minimum atomic E-state index is -0.490. The molecule has 5 heteroatoms. The van der Waals surface area contributed by atoms with Gasteiger partial charge >= 0.3 is 6.09 Å². The molecule has 2 atom stereocenters. The third-order valence-electron chi connectivity index (χ3n) is 3.16. The minimum absolute atomic E-state index is 0.00949. The lowest BCUT2D eigenvalue weighted by molar-refractivity contribution is 0.0500. The zero-order chi connectivity index (χ0) is 14.8. The summed E-state index contributed by atoms with van der Waals surface area (Å²) in [5.74, 6) is 0. The number of rotatable bonds is 2. The Labute approximate surface area is 124 Å². The summed E-state index contributed by atoms with van der Waals surface area (Å²) in [6, 6.07) is 7.71. The van der Waals surface area contributed by atoms with Gasteiger partial charge in [-0.05, 0) is 45.4 Å². The molecule has 4 nitrogen and oxygen atoms in total. The van der Waals surface area contributed by atoms with E-state index in [2.05, 4.69) is 10.6 Å². The molecule has 110 valence electrons. The van der Waals surface area contributed by atoms with Crippen molar-refractivity contribution in [3.8, 4) is 0 Å². The van der Waals surface area contributed by atoms with Gasteiger partial charge in [0.05, 0.1) is 12.1 Å². The van der Waals surface area contributed by atoms with Gasteiger partial charge in [0, 0.05) is 5.02 Å². The number of halogens is 1. The molecule has 0 aromatic heterocycles. The van der Waals surface area contributed by atoms with Crippen molar-refractivity contribution in [1.82, 2.24) is 10.6 Å². The summed E-state index contributed by atoms with van der Waals surface area (Å²) in [6.45, 7) is 6.40. The fraction of sp³-hybridized carbons (Fsp3) is 0.533. The molecular formula is C15H21ClN2O2. The Hall–Kier alpha value is -1.26. The first-order valence-electron chi connectivity index (χ1n) is 6.84. The first-order valence-corrected chi connectivity index (χ1v) is 7.22. The van der Waals surface area contributed by atoms with Crippen LogP contribution < -0.4 is 10.6 Å². The van der Waals surface area contributed by atoms with Crippen molar-refractivity contribution >= 4 is 17.7 Å². The molecule has 1 aromatic rings. The van der Waals surface area contributed by atoms with E-state index in [0.717, 1.165) is 18.5 Å². The Balaban J connectivity index is 2.05. The molecule has 1 aliphatic rings. The van der Waals surface area contributed by atoms with Gasteiger partial charge in [-0.1, -0.05) is 29.8 Å². The Kier molecular flexibility index (Phi) is 4.55. The fourth-order valence-corrected chi connectivity index (χ4v) is 2.62. The van der Waals surface area contributed by atoms with Gasteiger partial charge in [-0.3, -0.25) is 0 Å². The van der Waals surface area contributed by atoms with E-state index >= 15 is 0 Å². The smallest absolute Gasteiger partial charge is 0.407 e. The van der Waals surface area contributed by atoms with Crippen LogP contribution in [0.4, 0.5) is 4.79 Å². The number of ether oxygens (including phenoxy) is 1. The Morgan fingerprint density at radius 2 is 2.10 bits per heavy atom. The standard InChI is InChI=1S/C15H21ClN2O2/c1-15(2,3)20-14(19)18-12-8-9-17-13(12)10-6-4-5-7-11(10)16/h4-7,12-13,17H,8-9H2,1-3H3,(H,18,19). The zero-order valence-corrected chi connectivity index (χ0v) is 12.8. The van der Waals surface area contributed by atoms with E-state index in [0.29, 0.717) is 5.02 Å². The van der Waals surface area contributed by atoms with Gasteiger partial charge < -0.3 is 15.4 Å². The van der Waals surface area contributed by atoms with Gasteiger partial charge in [-0.25, -0.2) is 4.79 Å². The molecule has 1 aromatic carbocycles. The van der Waals surface area contributed by atoms with Crippen LogP contribution in [0.2, 0.25) is 5.02 Å². The highest BCUT2D eigenvalue weighted by molar-refractivity contribution is 6.31. The molecule has 20 heavy (non-hydrogen) atoms. The first kappa shape index (κ1) is 15.1. The van der Waals surface area contributed by atoms with Crippen LogP contribution in [0, 0.1) is 0 Å². The molecule has 1 heterocycles. The molecule has 0 saturated carbocycles. The van der Waals surface area contributed by atoms with E-state index in [1.165, 1.54) is 0 Å². The van der Waals surface area contributed by atoms with Crippen molar-refractivity contribution in [2.45, 2.75) is 44.9 Å². The molecule has 1 saturated heterocycles. The van der Waals surface area contributed by atoms with Crippen LogP contribution in [0.1, 0.15) is 38.8 Å². The molecule has 0 bridgehead atoms. The predicted molar refractivity (Wildman–Crippen MR) is 80.0 cm³/mol. The molecule has 0 aliphatic carbocycles. The molecule has 2 N–H and O–H groups in total. The van der Waals surface area contributed by atoms with Crippen molar-refractivity contribution in [2.24, 2.45) is 0 Å². The van der Waals surface area contributed by atoms with Gasteiger partial charge in [0.1, 0.15) is 5.60 Å². The topological polar surface area (TPSA) is 50.4 Å². The third kappa shape index (κ3) is 3.87. The summed E-state index contributed by atoms with van der Waals surface area (Å²) in [5, 5.41) is 7.02. The molecule has 1 aliphatic heterocycles. The third-order valence-corrected chi connectivity index (χ3v) is 3.51. The van der Waals surface area contributed by atoms with Crippen LogP contribution in [0.25, 0.3) is 0 Å². The van der Waals surface area contributed by atoms with Gasteiger partial charge in [0.2, 0.25) is 0 Å². The number of benzene rings is 1. The monoisotopic (exact) mass is 296 g/mol.